The summed E-state index contributed by atoms with van der Waals surface area (Å²) in [5.41, 5.74) is 5.71. The topological polar surface area (TPSA) is 152 Å². The van der Waals surface area contributed by atoms with E-state index in [1.54, 1.807) is 36.4 Å². The number of hydrogen-bond donors (Lipinski definition) is 4. The van der Waals surface area contributed by atoms with Gasteiger partial charge in [0.1, 0.15) is 17.2 Å². The molecule has 0 aromatic heterocycles. The van der Waals surface area contributed by atoms with Gasteiger partial charge in [0.2, 0.25) is 0 Å². The Morgan fingerprint density at radius 1 is 0.939 bits per heavy atom. The van der Waals surface area contributed by atoms with Crippen LogP contribution in [0.15, 0.2) is 66.7 Å². The summed E-state index contributed by atoms with van der Waals surface area (Å²) in [6.45, 7) is -0.362. The Hall–Kier alpha value is -4.80. The van der Waals surface area contributed by atoms with E-state index < -0.39 is 16.7 Å². The van der Waals surface area contributed by atoms with Crippen molar-refractivity contribution in [1.29, 1.82) is 0 Å². The molecule has 0 heterocycles. The lowest BCUT2D eigenvalue weighted by Gasteiger charge is -2.11. The third-order valence-electron chi connectivity index (χ3n) is 4.35. The van der Waals surface area contributed by atoms with Crippen LogP contribution in [-0.4, -0.2) is 35.6 Å². The number of carbonyl (C=O) groups is 2. The molecule has 11 nitrogen and oxygen atoms in total. The van der Waals surface area contributed by atoms with E-state index in [2.05, 4.69) is 16.2 Å². The minimum Gasteiger partial charge on any atom is -0.507 e. The van der Waals surface area contributed by atoms with E-state index in [4.69, 9.17) is 9.47 Å². The largest absolute Gasteiger partial charge is 0.507 e. The smallest absolute Gasteiger partial charge is 0.276 e. The highest BCUT2D eigenvalue weighted by Gasteiger charge is 2.13. The molecule has 0 aliphatic rings. The van der Waals surface area contributed by atoms with Crippen LogP contribution in [0.3, 0.4) is 0 Å². The number of nitro benzene ring substituents is 1. The fraction of sp³-hybridized carbons (Fsp3) is 0.0909. The molecular formula is C22H20N4O7. The number of phenols is 1. The SMILES string of the molecule is COc1ccc(O)c(C(=O)NNC(=O)COc2ccc(Nc3ccc([N+](=O)[O-])cc3)cc2)c1. The van der Waals surface area contributed by atoms with E-state index in [0.717, 1.165) is 0 Å². The number of amides is 2. The fourth-order valence-electron chi connectivity index (χ4n) is 2.67. The minimum atomic E-state index is -0.721. The Balaban J connectivity index is 1.46. The number of aromatic hydroxyl groups is 1. The van der Waals surface area contributed by atoms with Gasteiger partial charge in [-0.3, -0.25) is 30.6 Å². The molecule has 3 aromatic rings. The Morgan fingerprint density at radius 2 is 1.55 bits per heavy atom. The Kier molecular flexibility index (Phi) is 7.27. The molecule has 0 fully saturated rings. The van der Waals surface area contributed by atoms with Crippen LogP contribution >= 0.6 is 0 Å². The lowest BCUT2D eigenvalue weighted by atomic mass is 10.2. The van der Waals surface area contributed by atoms with E-state index in [0.29, 0.717) is 22.9 Å². The molecule has 0 saturated carbocycles. The normalized spacial score (nSPS) is 10.1. The van der Waals surface area contributed by atoms with Crippen LogP contribution in [0.25, 0.3) is 0 Å². The van der Waals surface area contributed by atoms with Gasteiger partial charge >= 0.3 is 0 Å². The van der Waals surface area contributed by atoms with Crippen molar-refractivity contribution in [1.82, 2.24) is 10.9 Å². The number of carbonyl (C=O) groups excluding carboxylic acids is 2. The second kappa shape index (κ2) is 10.5. The molecular weight excluding hydrogens is 432 g/mol. The van der Waals surface area contributed by atoms with Crippen molar-refractivity contribution in [2.45, 2.75) is 0 Å². The first-order chi connectivity index (χ1) is 15.9. The highest BCUT2D eigenvalue weighted by molar-refractivity contribution is 5.98. The average Bonchev–Trinajstić information content (AvgIpc) is 2.82. The number of nitrogens with zero attached hydrogens (tertiary/aromatic N) is 1. The molecule has 0 radical (unpaired) electrons. The molecule has 0 aliphatic carbocycles. The summed E-state index contributed by atoms with van der Waals surface area (Å²) < 4.78 is 10.4. The standard InChI is InChI=1S/C22H20N4O7/c1-32-18-10-11-20(27)19(12-18)22(29)25-24-21(28)13-33-17-8-4-15(5-9-17)23-14-2-6-16(7-3-14)26(30)31/h2-12,23,27H,13H2,1H3,(H,24,28)(H,25,29). The first kappa shape index (κ1) is 22.9. The summed E-state index contributed by atoms with van der Waals surface area (Å²) in [7, 11) is 1.42. The van der Waals surface area contributed by atoms with Gasteiger partial charge in [0.15, 0.2) is 6.61 Å². The monoisotopic (exact) mass is 452 g/mol. The molecule has 0 aliphatic heterocycles. The maximum Gasteiger partial charge on any atom is 0.276 e. The summed E-state index contributed by atoms with van der Waals surface area (Å²) >= 11 is 0. The molecule has 11 heteroatoms. The molecule has 2 amide bonds. The van der Waals surface area contributed by atoms with Crippen LogP contribution in [-0.2, 0) is 4.79 Å². The third kappa shape index (κ3) is 6.34. The second-order valence-corrected chi connectivity index (χ2v) is 6.63. The van der Waals surface area contributed by atoms with Gasteiger partial charge in [0.05, 0.1) is 17.6 Å². The van der Waals surface area contributed by atoms with Crippen LogP contribution in [0.5, 0.6) is 17.2 Å². The van der Waals surface area contributed by atoms with Gasteiger partial charge in [-0.1, -0.05) is 0 Å². The zero-order valence-corrected chi connectivity index (χ0v) is 17.4. The van der Waals surface area contributed by atoms with Gasteiger partial charge in [-0.2, -0.15) is 0 Å². The van der Waals surface area contributed by atoms with Gasteiger partial charge in [-0.25, -0.2) is 0 Å². The van der Waals surface area contributed by atoms with Crippen LogP contribution < -0.4 is 25.6 Å². The maximum atomic E-state index is 12.1. The van der Waals surface area contributed by atoms with Gasteiger partial charge < -0.3 is 19.9 Å². The van der Waals surface area contributed by atoms with E-state index in [9.17, 15) is 24.8 Å². The minimum absolute atomic E-state index is 0.000870. The van der Waals surface area contributed by atoms with Crippen molar-refractivity contribution in [3.8, 4) is 17.2 Å². The molecule has 170 valence electrons. The van der Waals surface area contributed by atoms with Gasteiger partial charge in [0.25, 0.3) is 17.5 Å². The highest BCUT2D eigenvalue weighted by Crippen LogP contribution is 2.23. The third-order valence-corrected chi connectivity index (χ3v) is 4.35. The number of rotatable bonds is 8. The number of hydrazine groups is 1. The first-order valence-electron chi connectivity index (χ1n) is 9.56. The fourth-order valence-corrected chi connectivity index (χ4v) is 2.67. The van der Waals surface area contributed by atoms with Crippen molar-refractivity contribution >= 4 is 28.9 Å². The molecule has 0 atom stereocenters. The predicted octanol–water partition coefficient (Wildman–Crippen LogP) is 2.89. The Morgan fingerprint density at radius 3 is 2.15 bits per heavy atom. The Bertz CT molecular complexity index is 1150. The number of methoxy groups -OCH3 is 1. The summed E-state index contributed by atoms with van der Waals surface area (Å²) in [6.07, 6.45) is 0. The van der Waals surface area contributed by atoms with Crippen LogP contribution in [0.4, 0.5) is 17.1 Å². The van der Waals surface area contributed by atoms with E-state index in [1.165, 1.54) is 37.4 Å². The molecule has 4 N–H and O–H groups in total. The van der Waals surface area contributed by atoms with Gasteiger partial charge in [-0.05, 0) is 54.6 Å². The summed E-state index contributed by atoms with van der Waals surface area (Å²) in [5.74, 6) is -0.809. The molecule has 0 unspecified atom stereocenters. The summed E-state index contributed by atoms with van der Waals surface area (Å²) in [5, 5.41) is 23.6. The predicted molar refractivity (Wildman–Crippen MR) is 119 cm³/mol. The van der Waals surface area contributed by atoms with Crippen LogP contribution in [0.1, 0.15) is 10.4 Å². The molecule has 0 saturated heterocycles. The number of non-ortho nitro benzene ring substituents is 1. The van der Waals surface area contributed by atoms with E-state index >= 15 is 0 Å². The zero-order chi connectivity index (χ0) is 23.8. The summed E-state index contributed by atoms with van der Waals surface area (Å²) in [6, 6.07) is 16.8. The first-order valence-corrected chi connectivity index (χ1v) is 9.56. The second-order valence-electron chi connectivity index (χ2n) is 6.63. The van der Waals surface area contributed by atoms with Crippen molar-refractivity contribution in [3.05, 3.63) is 82.4 Å². The van der Waals surface area contributed by atoms with Crippen LogP contribution in [0.2, 0.25) is 0 Å². The van der Waals surface area contributed by atoms with E-state index in [1.807, 2.05) is 0 Å². The van der Waals surface area contributed by atoms with Crippen molar-refractivity contribution in [3.63, 3.8) is 0 Å². The number of phenolic OH excluding ortho intramolecular Hbond substituents is 1. The number of benzene rings is 3. The van der Waals surface area contributed by atoms with Crippen LogP contribution in [0, 0.1) is 10.1 Å². The molecule has 0 spiro atoms. The zero-order valence-electron chi connectivity index (χ0n) is 17.4. The number of nitrogens with one attached hydrogen (secondary N) is 3. The van der Waals surface area contributed by atoms with Crippen molar-refractivity contribution < 1.29 is 29.1 Å². The quantitative estimate of drug-likeness (QED) is 0.301. The van der Waals surface area contributed by atoms with Gasteiger partial charge in [-0.15, -0.1) is 0 Å². The van der Waals surface area contributed by atoms with Crippen molar-refractivity contribution in [2.24, 2.45) is 0 Å². The van der Waals surface area contributed by atoms with E-state index in [-0.39, 0.29) is 23.6 Å². The maximum absolute atomic E-state index is 12.1. The molecule has 3 aromatic carbocycles. The highest BCUT2D eigenvalue weighted by atomic mass is 16.6. The number of ether oxygens (including phenoxy) is 2. The molecule has 33 heavy (non-hydrogen) atoms. The average molecular weight is 452 g/mol. The molecule has 3 rings (SSSR count). The lowest BCUT2D eigenvalue weighted by molar-refractivity contribution is -0.384. The van der Waals surface area contributed by atoms with Crippen molar-refractivity contribution in [2.75, 3.05) is 19.0 Å². The molecule has 0 bridgehead atoms. The number of nitro groups is 1. The Labute approximate surface area is 188 Å². The number of anilines is 2. The summed E-state index contributed by atoms with van der Waals surface area (Å²) in [4.78, 5) is 34.3. The van der Waals surface area contributed by atoms with Gasteiger partial charge in [0, 0.05) is 23.5 Å². The number of hydrogen-bond acceptors (Lipinski definition) is 8. The lowest BCUT2D eigenvalue weighted by Crippen LogP contribution is -2.43.